The number of benzene rings is 2. The van der Waals surface area contributed by atoms with E-state index in [1.165, 1.54) is 6.92 Å². The molecule has 16 atom stereocenters. The lowest BCUT2D eigenvalue weighted by Gasteiger charge is -2.63. The lowest BCUT2D eigenvalue weighted by atomic mass is 9.43. The second-order valence-electron chi connectivity index (χ2n) is 23.2. The number of rotatable bonds is 21. The zero-order valence-corrected chi connectivity index (χ0v) is 43.4. The summed E-state index contributed by atoms with van der Waals surface area (Å²) in [5.74, 6) is -2.95. The fourth-order valence-electron chi connectivity index (χ4n) is 13.5. The van der Waals surface area contributed by atoms with E-state index in [-0.39, 0.29) is 78.1 Å². The first kappa shape index (κ1) is 55.5. The number of aliphatic hydroxyl groups is 3. The van der Waals surface area contributed by atoms with E-state index in [0.717, 1.165) is 36.8 Å². The molecule has 4 unspecified atom stereocenters. The fraction of sp³-hybridized carbons (Fsp3) is 0.679. The molecule has 0 aliphatic heterocycles. The Morgan fingerprint density at radius 2 is 1.23 bits per heavy atom. The van der Waals surface area contributed by atoms with Crippen LogP contribution in [0.15, 0.2) is 60.7 Å². The summed E-state index contributed by atoms with van der Waals surface area (Å²) in [7, 11) is 0. The largest absolute Gasteiger partial charge is 0.393 e. The first-order chi connectivity index (χ1) is 33.5. The van der Waals surface area contributed by atoms with Gasteiger partial charge in [-0.1, -0.05) is 109 Å². The van der Waals surface area contributed by atoms with Gasteiger partial charge in [0.05, 0.1) is 18.3 Å². The van der Waals surface area contributed by atoms with E-state index in [0.29, 0.717) is 32.1 Å². The molecule has 0 radical (unpaired) electrons. The van der Waals surface area contributed by atoms with E-state index < -0.39 is 83.3 Å². The van der Waals surface area contributed by atoms with Crippen molar-refractivity contribution in [3.8, 4) is 0 Å². The maximum absolute atomic E-state index is 14.3. The first-order valence-electron chi connectivity index (χ1n) is 26.4. The molecule has 4 aliphatic carbocycles. The average Bonchev–Trinajstić information content (AvgIpc) is 3.68. The molecule has 0 heterocycles. The van der Waals surface area contributed by atoms with Gasteiger partial charge in [-0.25, -0.2) is 0 Å². The Bertz CT molecular complexity index is 2160. The number of nitrogens with one attached hydrogen (secondary N) is 5. The normalized spacial score (nSPS) is 30.5. The van der Waals surface area contributed by atoms with Gasteiger partial charge in [-0.05, 0) is 134 Å². The average molecular weight is 985 g/mol. The molecule has 4 aliphatic rings. The third-order valence-electron chi connectivity index (χ3n) is 17.6. The third-order valence-corrected chi connectivity index (χ3v) is 17.6. The van der Waals surface area contributed by atoms with Crippen LogP contribution in [-0.4, -0.2) is 99.3 Å². The van der Waals surface area contributed by atoms with Gasteiger partial charge in [-0.3, -0.25) is 28.8 Å². The Balaban J connectivity index is 1.10. The lowest BCUT2D eigenvalue weighted by molar-refractivity contribution is -0.207. The van der Waals surface area contributed by atoms with Crippen LogP contribution in [0, 0.1) is 58.2 Å². The van der Waals surface area contributed by atoms with Gasteiger partial charge in [-0.15, -0.1) is 0 Å². The van der Waals surface area contributed by atoms with Crippen molar-refractivity contribution in [2.45, 2.75) is 181 Å². The van der Waals surface area contributed by atoms with Crippen LogP contribution in [0.2, 0.25) is 0 Å². The number of aliphatic hydroxyl groups excluding tert-OH is 3. The number of nitrogens with two attached hydrogens (primary N) is 1. The van der Waals surface area contributed by atoms with Gasteiger partial charge in [0.25, 0.3) is 0 Å². The van der Waals surface area contributed by atoms with E-state index in [4.69, 9.17) is 5.73 Å². The first-order valence-corrected chi connectivity index (χ1v) is 26.4. The highest BCUT2D eigenvalue weighted by Crippen LogP contribution is 2.68. The fourth-order valence-corrected chi connectivity index (χ4v) is 13.5. The third kappa shape index (κ3) is 13.0. The number of carbonyl (C=O) groups is 6. The summed E-state index contributed by atoms with van der Waals surface area (Å²) in [5.41, 5.74) is 6.49. The quantitative estimate of drug-likeness (QED) is 0.0855. The van der Waals surface area contributed by atoms with Crippen LogP contribution in [0.25, 0.3) is 0 Å². The summed E-state index contributed by atoms with van der Waals surface area (Å²) < 4.78 is 0. The molecule has 2 aromatic rings. The van der Waals surface area contributed by atoms with Crippen molar-refractivity contribution in [3.63, 3.8) is 0 Å². The van der Waals surface area contributed by atoms with Crippen LogP contribution < -0.4 is 32.3 Å². The van der Waals surface area contributed by atoms with E-state index in [2.05, 4.69) is 47.4 Å². The smallest absolute Gasteiger partial charge is 0.243 e. The van der Waals surface area contributed by atoms with Crippen LogP contribution >= 0.6 is 0 Å². The number of hydrogen-bond acceptors (Lipinski definition) is 9. The maximum atomic E-state index is 14.3. The molecule has 4 fully saturated rings. The van der Waals surface area contributed by atoms with Crippen LogP contribution in [-0.2, 0) is 41.6 Å². The van der Waals surface area contributed by atoms with Crippen molar-refractivity contribution < 1.29 is 44.1 Å². The van der Waals surface area contributed by atoms with E-state index in [1.54, 1.807) is 26.0 Å². The molecule has 15 heteroatoms. The van der Waals surface area contributed by atoms with Crippen molar-refractivity contribution in [2.24, 2.45) is 63.9 Å². The second-order valence-corrected chi connectivity index (χ2v) is 23.2. The number of hydrogen-bond donors (Lipinski definition) is 9. The van der Waals surface area contributed by atoms with Gasteiger partial charge in [0.15, 0.2) is 0 Å². The molecule has 0 bridgehead atoms. The van der Waals surface area contributed by atoms with E-state index in [1.807, 2.05) is 62.4 Å². The molecule has 0 spiro atoms. The Labute approximate surface area is 421 Å². The molecule has 0 aromatic heterocycles. The molecule has 10 N–H and O–H groups in total. The van der Waals surface area contributed by atoms with Gasteiger partial charge >= 0.3 is 0 Å². The minimum atomic E-state index is -1.18. The summed E-state index contributed by atoms with van der Waals surface area (Å²) in [5, 5.41) is 48.4. The molecular formula is C56H84N6O9. The summed E-state index contributed by atoms with van der Waals surface area (Å²) in [4.78, 5) is 82.0. The minimum Gasteiger partial charge on any atom is -0.393 e. The van der Waals surface area contributed by atoms with Crippen molar-refractivity contribution in [1.29, 1.82) is 0 Å². The van der Waals surface area contributed by atoms with Crippen LogP contribution in [0.4, 0.5) is 0 Å². The molecule has 6 rings (SSSR count). The van der Waals surface area contributed by atoms with Crippen molar-refractivity contribution in [2.75, 3.05) is 0 Å². The topological polar surface area (TPSA) is 249 Å². The number of primary amides is 1. The number of fused-ring (bicyclic) bond motifs is 5. The molecule has 6 amide bonds. The molecule has 2 aromatic carbocycles. The standard InChI is InChI=1S/C56H84N6O9/c1-31(2)25-42(59-47(66)22-19-33(5)39-20-21-40-48-41(30-46(65)56(39,40)8)55(7)24-23-38(63)28-37(55)29-45(48)64)53(70)62-49(32(3)4)54(71)61-44(27-36-17-13-10-14-18-36)52(69)60-43(26-35-15-11-9-12-16-35)51(68)58-34(6)50(57)67/h9-18,31-34,37-46,48-49,63-65H,19-30H2,1-8H3,(H2,57,67)(H,58,68)(H,59,66)(H,60,69)(H,61,71)(H,62,70)/t33-,34-,37?,38-,39-,40?,41?,42-,43-,44-,45-,46+,48?,49-,55+,56-/m1/s1. The monoisotopic (exact) mass is 985 g/mol. The molecule has 0 saturated heterocycles. The van der Waals surface area contributed by atoms with Crippen LogP contribution in [0.1, 0.15) is 131 Å². The number of carbonyl (C=O) groups excluding carboxylic acids is 6. The Hall–Kier alpha value is -4.86. The Morgan fingerprint density at radius 3 is 1.79 bits per heavy atom. The lowest BCUT2D eigenvalue weighted by Crippen LogP contribution is -2.62. The highest BCUT2D eigenvalue weighted by Gasteiger charge is 2.65. The molecule has 71 heavy (non-hydrogen) atoms. The van der Waals surface area contributed by atoms with Gasteiger partial charge < -0.3 is 47.6 Å². The van der Waals surface area contributed by atoms with Gasteiger partial charge in [0.2, 0.25) is 35.4 Å². The summed E-state index contributed by atoms with van der Waals surface area (Å²) in [6.07, 6.45) is 5.38. The zero-order valence-electron chi connectivity index (χ0n) is 43.4. The van der Waals surface area contributed by atoms with Crippen LogP contribution in [0.5, 0.6) is 0 Å². The highest BCUT2D eigenvalue weighted by molar-refractivity contribution is 5.96. The Kier molecular flexibility index (Phi) is 18.6. The summed E-state index contributed by atoms with van der Waals surface area (Å²) in [6.45, 7) is 15.6. The summed E-state index contributed by atoms with van der Waals surface area (Å²) in [6, 6.07) is 12.8. The van der Waals surface area contributed by atoms with Crippen LogP contribution in [0.3, 0.4) is 0 Å². The van der Waals surface area contributed by atoms with Crippen molar-refractivity contribution in [1.82, 2.24) is 26.6 Å². The van der Waals surface area contributed by atoms with Crippen molar-refractivity contribution >= 4 is 35.4 Å². The molecule has 4 saturated carbocycles. The Morgan fingerprint density at radius 1 is 0.662 bits per heavy atom. The molecule has 392 valence electrons. The highest BCUT2D eigenvalue weighted by atomic mass is 16.3. The maximum Gasteiger partial charge on any atom is 0.243 e. The second kappa shape index (κ2) is 23.8. The van der Waals surface area contributed by atoms with Gasteiger partial charge in [0, 0.05) is 19.3 Å². The van der Waals surface area contributed by atoms with E-state index >= 15 is 0 Å². The predicted molar refractivity (Wildman–Crippen MR) is 272 cm³/mol. The van der Waals surface area contributed by atoms with E-state index in [9.17, 15) is 44.1 Å². The van der Waals surface area contributed by atoms with Gasteiger partial charge in [0.1, 0.15) is 30.2 Å². The van der Waals surface area contributed by atoms with Crippen molar-refractivity contribution in [3.05, 3.63) is 71.8 Å². The predicted octanol–water partition coefficient (Wildman–Crippen LogP) is 4.48. The molecular weight excluding hydrogens is 901 g/mol. The zero-order chi connectivity index (χ0) is 51.9. The van der Waals surface area contributed by atoms with Gasteiger partial charge in [-0.2, -0.15) is 0 Å². The SMILES string of the molecule is CC(C)C[C@@H](NC(=O)CC[C@@H](C)[C@H]1CCC2C3C(C[C@H](O)[C@@]21C)[C@@]1(C)CC[C@@H](O)CC1C[C@H]3O)C(=O)N[C@@H](C(=O)N[C@H](Cc1ccccc1)C(=O)N[C@H](Cc1ccccc1)C(=O)N[C@H](C)C(N)=O)C(C)C. The minimum absolute atomic E-state index is 0.0144. The summed E-state index contributed by atoms with van der Waals surface area (Å²) >= 11 is 0. The number of amides is 6. The molecule has 15 nitrogen and oxygen atoms in total.